The van der Waals surface area contributed by atoms with Gasteiger partial charge in [-0.2, -0.15) is 0 Å². The Bertz CT molecular complexity index is 385. The summed E-state index contributed by atoms with van der Waals surface area (Å²) < 4.78 is 4.87. The molecule has 1 N–H and O–H groups in total. The minimum Gasteiger partial charge on any atom is -0.463 e. The zero-order valence-electron chi connectivity index (χ0n) is 10.4. The van der Waals surface area contributed by atoms with Crippen molar-refractivity contribution in [2.75, 3.05) is 13.2 Å². The summed E-state index contributed by atoms with van der Waals surface area (Å²) in [6.45, 7) is 10.3. The number of carbonyl (C=O) groups is 1. The highest BCUT2D eigenvalue weighted by Gasteiger charge is 2.23. The molecule has 0 aliphatic rings. The predicted octanol–water partition coefficient (Wildman–Crippen LogP) is 2.09. The summed E-state index contributed by atoms with van der Waals surface area (Å²) in [4.78, 5) is 15.6. The summed E-state index contributed by atoms with van der Waals surface area (Å²) >= 11 is 1.58. The molecular formula is C12H18N2O2S. The van der Waals surface area contributed by atoms with Crippen molar-refractivity contribution in [2.45, 2.75) is 26.3 Å². The highest BCUT2D eigenvalue weighted by atomic mass is 32.1. The molecule has 1 aromatic rings. The van der Waals surface area contributed by atoms with Gasteiger partial charge >= 0.3 is 5.97 Å². The second kappa shape index (κ2) is 5.93. The van der Waals surface area contributed by atoms with E-state index in [9.17, 15) is 4.79 Å². The summed E-state index contributed by atoms with van der Waals surface area (Å²) in [5.41, 5.74) is 0.153. The SMILES string of the molecule is C=C(CNC(C)(C)c1nccs1)C(=O)OCC. The van der Waals surface area contributed by atoms with Crippen LogP contribution in [0.25, 0.3) is 0 Å². The molecule has 0 saturated carbocycles. The molecule has 17 heavy (non-hydrogen) atoms. The molecule has 4 nitrogen and oxygen atoms in total. The first-order valence-corrected chi connectivity index (χ1v) is 6.35. The van der Waals surface area contributed by atoms with Crippen LogP contribution in [0.1, 0.15) is 25.8 Å². The molecule has 0 saturated heterocycles. The molecule has 0 radical (unpaired) electrons. The quantitative estimate of drug-likeness (QED) is 0.624. The number of carbonyl (C=O) groups excluding carboxylic acids is 1. The standard InChI is InChI=1S/C12H18N2O2S/c1-5-16-10(15)9(2)8-14-12(3,4)11-13-6-7-17-11/h6-7,14H,2,5,8H2,1,3-4H3. The largest absolute Gasteiger partial charge is 0.463 e. The van der Waals surface area contributed by atoms with E-state index >= 15 is 0 Å². The number of hydrogen-bond acceptors (Lipinski definition) is 5. The summed E-state index contributed by atoms with van der Waals surface area (Å²) in [5, 5.41) is 6.16. The van der Waals surface area contributed by atoms with E-state index in [1.54, 1.807) is 24.5 Å². The topological polar surface area (TPSA) is 51.2 Å². The van der Waals surface area contributed by atoms with Crippen LogP contribution < -0.4 is 5.32 Å². The summed E-state index contributed by atoms with van der Waals surface area (Å²) in [7, 11) is 0. The fourth-order valence-electron chi connectivity index (χ4n) is 1.24. The average Bonchev–Trinajstić information content (AvgIpc) is 2.80. The maximum Gasteiger partial charge on any atom is 0.334 e. The normalized spacial score (nSPS) is 11.2. The van der Waals surface area contributed by atoms with E-state index in [4.69, 9.17) is 4.74 Å². The van der Waals surface area contributed by atoms with Gasteiger partial charge in [-0.1, -0.05) is 6.58 Å². The Kier molecular flexibility index (Phi) is 4.84. The van der Waals surface area contributed by atoms with Gasteiger partial charge in [-0.25, -0.2) is 9.78 Å². The zero-order chi connectivity index (χ0) is 12.9. The van der Waals surface area contributed by atoms with Crippen molar-refractivity contribution in [3.8, 4) is 0 Å². The van der Waals surface area contributed by atoms with Crippen molar-refractivity contribution in [2.24, 2.45) is 0 Å². The van der Waals surface area contributed by atoms with E-state index in [1.807, 2.05) is 19.2 Å². The van der Waals surface area contributed by atoms with Crippen molar-refractivity contribution >= 4 is 17.3 Å². The number of ether oxygens (including phenoxy) is 1. The van der Waals surface area contributed by atoms with Crippen molar-refractivity contribution in [1.82, 2.24) is 10.3 Å². The van der Waals surface area contributed by atoms with Crippen LogP contribution in [-0.2, 0) is 15.1 Å². The lowest BCUT2D eigenvalue weighted by Gasteiger charge is -2.24. The first-order valence-electron chi connectivity index (χ1n) is 5.47. The fourth-order valence-corrected chi connectivity index (χ4v) is 1.98. The lowest BCUT2D eigenvalue weighted by Crippen LogP contribution is -2.38. The van der Waals surface area contributed by atoms with Crippen LogP contribution in [0.4, 0.5) is 0 Å². The van der Waals surface area contributed by atoms with Crippen LogP contribution in [0.3, 0.4) is 0 Å². The van der Waals surface area contributed by atoms with Gasteiger partial charge in [0.05, 0.1) is 12.1 Å². The van der Waals surface area contributed by atoms with Crippen molar-refractivity contribution in [3.63, 3.8) is 0 Å². The highest BCUT2D eigenvalue weighted by molar-refractivity contribution is 7.09. The van der Waals surface area contributed by atoms with Crippen LogP contribution in [0.2, 0.25) is 0 Å². The minimum absolute atomic E-state index is 0.274. The Hall–Kier alpha value is -1.20. The van der Waals surface area contributed by atoms with Gasteiger partial charge in [0.1, 0.15) is 5.01 Å². The van der Waals surface area contributed by atoms with Gasteiger partial charge in [-0.3, -0.25) is 0 Å². The summed E-state index contributed by atoms with van der Waals surface area (Å²) in [5.74, 6) is -0.352. The molecule has 5 heteroatoms. The smallest absolute Gasteiger partial charge is 0.334 e. The molecule has 0 amide bonds. The first-order chi connectivity index (χ1) is 7.97. The van der Waals surface area contributed by atoms with E-state index in [2.05, 4.69) is 16.9 Å². The number of aromatic nitrogens is 1. The molecule has 1 heterocycles. The second-order valence-electron chi connectivity index (χ2n) is 4.14. The number of esters is 1. The van der Waals surface area contributed by atoms with E-state index in [0.717, 1.165) is 5.01 Å². The molecule has 94 valence electrons. The molecule has 1 rings (SSSR count). The Morgan fingerprint density at radius 3 is 2.88 bits per heavy atom. The highest BCUT2D eigenvalue weighted by Crippen LogP contribution is 2.21. The first kappa shape index (κ1) is 13.9. The predicted molar refractivity (Wildman–Crippen MR) is 68.9 cm³/mol. The maximum atomic E-state index is 11.4. The number of nitrogens with zero attached hydrogens (tertiary/aromatic N) is 1. The Labute approximate surface area is 106 Å². The molecular weight excluding hydrogens is 236 g/mol. The lowest BCUT2D eigenvalue weighted by molar-refractivity contribution is -0.138. The monoisotopic (exact) mass is 254 g/mol. The molecule has 0 aliphatic heterocycles. The fraction of sp³-hybridized carbons (Fsp3) is 0.500. The maximum absolute atomic E-state index is 11.4. The Morgan fingerprint density at radius 1 is 1.65 bits per heavy atom. The molecule has 0 spiro atoms. The summed E-state index contributed by atoms with van der Waals surface area (Å²) in [6.07, 6.45) is 1.77. The van der Waals surface area contributed by atoms with E-state index in [0.29, 0.717) is 18.7 Å². The summed E-state index contributed by atoms with van der Waals surface area (Å²) in [6, 6.07) is 0. The third-order valence-electron chi connectivity index (χ3n) is 2.27. The molecule has 0 atom stereocenters. The third-order valence-corrected chi connectivity index (χ3v) is 3.37. The number of rotatable bonds is 6. The lowest BCUT2D eigenvalue weighted by atomic mass is 10.1. The average molecular weight is 254 g/mol. The molecule has 1 aromatic heterocycles. The van der Waals surface area contributed by atoms with Gasteiger partial charge in [0.15, 0.2) is 0 Å². The minimum atomic E-state index is -0.352. The zero-order valence-corrected chi connectivity index (χ0v) is 11.3. The molecule has 0 unspecified atom stereocenters. The van der Waals surface area contributed by atoms with Gasteiger partial charge in [-0.15, -0.1) is 11.3 Å². The van der Waals surface area contributed by atoms with Gasteiger partial charge in [0, 0.05) is 23.7 Å². The van der Waals surface area contributed by atoms with E-state index < -0.39 is 0 Å². The van der Waals surface area contributed by atoms with Crippen LogP contribution in [-0.4, -0.2) is 24.1 Å². The van der Waals surface area contributed by atoms with E-state index in [-0.39, 0.29) is 11.5 Å². The van der Waals surface area contributed by atoms with E-state index in [1.165, 1.54) is 0 Å². The van der Waals surface area contributed by atoms with Crippen molar-refractivity contribution in [3.05, 3.63) is 28.7 Å². The van der Waals surface area contributed by atoms with Crippen molar-refractivity contribution < 1.29 is 9.53 Å². The van der Waals surface area contributed by atoms with Crippen LogP contribution >= 0.6 is 11.3 Å². The van der Waals surface area contributed by atoms with Gasteiger partial charge < -0.3 is 10.1 Å². The number of nitrogens with one attached hydrogen (secondary N) is 1. The second-order valence-corrected chi connectivity index (χ2v) is 5.03. The molecule has 0 aliphatic carbocycles. The Morgan fingerprint density at radius 2 is 2.35 bits per heavy atom. The third kappa shape index (κ3) is 3.94. The number of thiazole rings is 1. The Balaban J connectivity index is 2.50. The van der Waals surface area contributed by atoms with Crippen LogP contribution in [0, 0.1) is 0 Å². The molecule has 0 fully saturated rings. The molecule has 0 aromatic carbocycles. The van der Waals surface area contributed by atoms with Crippen LogP contribution in [0.5, 0.6) is 0 Å². The number of hydrogen-bond donors (Lipinski definition) is 1. The van der Waals surface area contributed by atoms with Crippen LogP contribution in [0.15, 0.2) is 23.7 Å². The van der Waals surface area contributed by atoms with Gasteiger partial charge in [-0.05, 0) is 20.8 Å². The van der Waals surface area contributed by atoms with Gasteiger partial charge in [0.2, 0.25) is 0 Å². The van der Waals surface area contributed by atoms with Crippen molar-refractivity contribution in [1.29, 1.82) is 0 Å². The van der Waals surface area contributed by atoms with Gasteiger partial charge in [0.25, 0.3) is 0 Å². The molecule has 0 bridgehead atoms.